The van der Waals surface area contributed by atoms with Crippen LogP contribution in [0.3, 0.4) is 0 Å². The van der Waals surface area contributed by atoms with E-state index >= 15 is 0 Å². The molecule has 1 aliphatic carbocycles. The summed E-state index contributed by atoms with van der Waals surface area (Å²) in [5.41, 5.74) is 1.44. The molecule has 1 saturated carbocycles. The molecule has 40 heavy (non-hydrogen) atoms. The molecular formula is C31H41Cl2N3O3S. The molecule has 0 spiro atoms. The number of carbonyl (C=O) groups is 1. The van der Waals surface area contributed by atoms with E-state index in [1.807, 2.05) is 0 Å². The highest BCUT2D eigenvalue weighted by Gasteiger charge is 2.36. The summed E-state index contributed by atoms with van der Waals surface area (Å²) in [5.74, 6) is 1.05. The Balaban J connectivity index is 1.14. The summed E-state index contributed by atoms with van der Waals surface area (Å²) < 4.78 is 28.3. The molecule has 3 fully saturated rings. The Morgan fingerprint density at radius 1 is 0.875 bits per heavy atom. The third kappa shape index (κ3) is 7.04. The standard InChI is InChI=1S/C31H41Cl2N3O3S/c32-28-16-15-27(21-29(28)33)40(38,39)36-19-5-4-10-26(36)20-30(37)34-22-23-11-13-25(14-12-23)31(35-17-6-7-18-35)24-8-2-1-3-9-24/h1-3,8-9,15-16,21,23,25-26,31H,4-7,10-14,17-20,22H2,(H,34,37). The summed E-state index contributed by atoms with van der Waals surface area (Å²) in [6.07, 6.45) is 9.71. The second-order valence-electron chi connectivity index (χ2n) is 11.7. The lowest BCUT2D eigenvalue weighted by Crippen LogP contribution is -2.46. The second kappa shape index (κ2) is 13.6. The van der Waals surface area contributed by atoms with Crippen LogP contribution in [0.2, 0.25) is 10.0 Å². The number of likely N-dealkylation sites (tertiary alicyclic amines) is 1. The number of halogens is 2. The predicted octanol–water partition coefficient (Wildman–Crippen LogP) is 6.69. The van der Waals surface area contributed by atoms with Gasteiger partial charge in [0, 0.05) is 31.6 Å². The molecule has 2 aromatic carbocycles. The molecule has 0 aromatic heterocycles. The quantitative estimate of drug-likeness (QED) is 0.346. The van der Waals surface area contributed by atoms with Crippen LogP contribution in [0.25, 0.3) is 0 Å². The fourth-order valence-electron chi connectivity index (χ4n) is 6.97. The molecule has 6 nitrogen and oxygen atoms in total. The van der Waals surface area contributed by atoms with E-state index in [9.17, 15) is 13.2 Å². The SMILES string of the molecule is O=C(CC1CCCCN1S(=O)(=O)c1ccc(Cl)c(Cl)c1)NCC1CCC(C(c2ccccc2)N2CCCC2)CC1. The van der Waals surface area contributed by atoms with E-state index in [2.05, 4.69) is 40.5 Å². The van der Waals surface area contributed by atoms with Crippen LogP contribution in [-0.2, 0) is 14.8 Å². The fraction of sp³-hybridized carbons (Fsp3) is 0.581. The Kier molecular flexibility index (Phi) is 10.1. The van der Waals surface area contributed by atoms with E-state index in [1.165, 1.54) is 66.8 Å². The number of rotatable bonds is 9. The highest BCUT2D eigenvalue weighted by Crippen LogP contribution is 2.41. The first-order valence-corrected chi connectivity index (χ1v) is 17.0. The van der Waals surface area contributed by atoms with Gasteiger partial charge in [-0.05, 0) is 100 Å². The predicted molar refractivity (Wildman–Crippen MR) is 161 cm³/mol. The average Bonchev–Trinajstić information content (AvgIpc) is 3.49. The third-order valence-corrected chi connectivity index (χ3v) is 11.8. The second-order valence-corrected chi connectivity index (χ2v) is 14.4. The monoisotopic (exact) mass is 605 g/mol. The van der Waals surface area contributed by atoms with Gasteiger partial charge in [0.05, 0.1) is 14.9 Å². The lowest BCUT2D eigenvalue weighted by molar-refractivity contribution is -0.122. The number of piperidine rings is 1. The number of benzene rings is 2. The normalized spacial score (nSPS) is 25.5. The van der Waals surface area contributed by atoms with Gasteiger partial charge in [-0.25, -0.2) is 8.42 Å². The fourth-order valence-corrected chi connectivity index (χ4v) is 9.05. The van der Waals surface area contributed by atoms with Gasteiger partial charge in [-0.2, -0.15) is 4.31 Å². The van der Waals surface area contributed by atoms with Crippen molar-refractivity contribution in [2.24, 2.45) is 11.8 Å². The minimum absolute atomic E-state index is 0.0670. The third-order valence-electron chi connectivity index (χ3n) is 9.09. The van der Waals surface area contributed by atoms with Gasteiger partial charge in [0.2, 0.25) is 15.9 Å². The van der Waals surface area contributed by atoms with E-state index in [0.29, 0.717) is 42.4 Å². The average molecular weight is 607 g/mol. The molecule has 2 atom stereocenters. The highest BCUT2D eigenvalue weighted by atomic mass is 35.5. The number of carbonyl (C=O) groups excluding carboxylic acids is 1. The molecule has 2 aliphatic heterocycles. The Bertz CT molecular complexity index is 1250. The van der Waals surface area contributed by atoms with E-state index in [-0.39, 0.29) is 28.3 Å². The number of amides is 1. The summed E-state index contributed by atoms with van der Waals surface area (Å²) in [5, 5.41) is 3.67. The first-order chi connectivity index (χ1) is 19.3. The number of nitrogens with one attached hydrogen (secondary N) is 1. The van der Waals surface area contributed by atoms with Crippen LogP contribution in [0, 0.1) is 11.8 Å². The van der Waals surface area contributed by atoms with Gasteiger partial charge in [0.1, 0.15) is 0 Å². The summed E-state index contributed by atoms with van der Waals surface area (Å²) in [7, 11) is -3.77. The molecule has 0 bridgehead atoms. The minimum atomic E-state index is -3.77. The Morgan fingerprint density at radius 3 is 2.27 bits per heavy atom. The van der Waals surface area contributed by atoms with Crippen LogP contribution >= 0.6 is 23.2 Å². The maximum atomic E-state index is 13.4. The Morgan fingerprint density at radius 2 is 1.57 bits per heavy atom. The minimum Gasteiger partial charge on any atom is -0.356 e. The van der Waals surface area contributed by atoms with Gasteiger partial charge >= 0.3 is 0 Å². The first kappa shape index (κ1) is 29.8. The van der Waals surface area contributed by atoms with E-state index in [4.69, 9.17) is 23.2 Å². The molecule has 0 radical (unpaired) electrons. The largest absolute Gasteiger partial charge is 0.356 e. The molecule has 1 amide bonds. The molecule has 2 aromatic rings. The number of hydrogen-bond acceptors (Lipinski definition) is 4. The van der Waals surface area contributed by atoms with Gasteiger partial charge in [-0.1, -0.05) is 60.0 Å². The number of nitrogens with zero attached hydrogens (tertiary/aromatic N) is 2. The van der Waals surface area contributed by atoms with Crippen LogP contribution in [-0.4, -0.2) is 55.8 Å². The van der Waals surface area contributed by atoms with E-state index in [0.717, 1.165) is 25.7 Å². The zero-order valence-corrected chi connectivity index (χ0v) is 25.4. The van der Waals surface area contributed by atoms with Crippen molar-refractivity contribution in [3.63, 3.8) is 0 Å². The highest BCUT2D eigenvalue weighted by molar-refractivity contribution is 7.89. The van der Waals surface area contributed by atoms with Crippen molar-refractivity contribution in [2.75, 3.05) is 26.2 Å². The molecular weight excluding hydrogens is 565 g/mol. The van der Waals surface area contributed by atoms with Crippen LogP contribution < -0.4 is 5.32 Å². The van der Waals surface area contributed by atoms with Crippen molar-refractivity contribution >= 4 is 39.1 Å². The van der Waals surface area contributed by atoms with Crippen LogP contribution in [0.1, 0.15) is 75.8 Å². The molecule has 5 rings (SSSR count). The number of hydrogen-bond donors (Lipinski definition) is 1. The summed E-state index contributed by atoms with van der Waals surface area (Å²) >= 11 is 12.1. The number of sulfonamides is 1. The summed E-state index contributed by atoms with van der Waals surface area (Å²) in [6, 6.07) is 15.5. The van der Waals surface area contributed by atoms with Crippen molar-refractivity contribution in [2.45, 2.75) is 81.2 Å². The lowest BCUT2D eigenvalue weighted by Gasteiger charge is -2.39. The van der Waals surface area contributed by atoms with Crippen molar-refractivity contribution in [1.82, 2.24) is 14.5 Å². The molecule has 2 saturated heterocycles. The van der Waals surface area contributed by atoms with Gasteiger partial charge in [0.25, 0.3) is 0 Å². The Hall–Kier alpha value is -1.64. The topological polar surface area (TPSA) is 69.7 Å². The molecule has 2 unspecified atom stereocenters. The van der Waals surface area contributed by atoms with Crippen LogP contribution in [0.4, 0.5) is 0 Å². The molecule has 9 heteroatoms. The van der Waals surface area contributed by atoms with Crippen molar-refractivity contribution < 1.29 is 13.2 Å². The van der Waals surface area contributed by atoms with Gasteiger partial charge < -0.3 is 5.32 Å². The van der Waals surface area contributed by atoms with Crippen molar-refractivity contribution in [1.29, 1.82) is 0 Å². The van der Waals surface area contributed by atoms with Gasteiger partial charge in [0.15, 0.2) is 0 Å². The van der Waals surface area contributed by atoms with Gasteiger partial charge in [-0.3, -0.25) is 9.69 Å². The van der Waals surface area contributed by atoms with Crippen molar-refractivity contribution in [3.05, 3.63) is 64.1 Å². The summed E-state index contributed by atoms with van der Waals surface area (Å²) in [6.45, 7) is 3.45. The van der Waals surface area contributed by atoms with E-state index in [1.54, 1.807) is 0 Å². The zero-order chi connectivity index (χ0) is 28.1. The Labute approximate surface area is 249 Å². The maximum absolute atomic E-state index is 13.4. The van der Waals surface area contributed by atoms with Crippen LogP contribution in [0.15, 0.2) is 53.4 Å². The van der Waals surface area contributed by atoms with Gasteiger partial charge in [-0.15, -0.1) is 0 Å². The van der Waals surface area contributed by atoms with Crippen molar-refractivity contribution in [3.8, 4) is 0 Å². The summed E-state index contributed by atoms with van der Waals surface area (Å²) in [4.78, 5) is 15.8. The van der Waals surface area contributed by atoms with Crippen LogP contribution in [0.5, 0.6) is 0 Å². The molecule has 3 aliphatic rings. The molecule has 2 heterocycles. The zero-order valence-electron chi connectivity index (χ0n) is 23.1. The smallest absolute Gasteiger partial charge is 0.243 e. The molecule has 218 valence electrons. The maximum Gasteiger partial charge on any atom is 0.243 e. The lowest BCUT2D eigenvalue weighted by atomic mass is 9.76. The molecule has 1 N–H and O–H groups in total. The first-order valence-electron chi connectivity index (χ1n) is 14.9. The van der Waals surface area contributed by atoms with E-state index < -0.39 is 10.0 Å².